The first-order chi connectivity index (χ1) is 16.9. The number of hydrogen-bond donors (Lipinski definition) is 3. The number of piperidine rings is 1. The lowest BCUT2D eigenvalue weighted by Crippen LogP contribution is -2.54. The van der Waals surface area contributed by atoms with Gasteiger partial charge in [0.2, 0.25) is 5.91 Å². The Kier molecular flexibility index (Phi) is 9.66. The quantitative estimate of drug-likeness (QED) is 0.478. The van der Waals surface area contributed by atoms with Crippen molar-refractivity contribution >= 4 is 23.5 Å². The maximum atomic E-state index is 13.1. The number of carbonyl (C=O) groups excluding carboxylic acids is 3. The fourth-order valence-corrected chi connectivity index (χ4v) is 4.26. The Labute approximate surface area is 207 Å². The van der Waals surface area contributed by atoms with E-state index in [1.807, 2.05) is 56.3 Å². The molecule has 1 atom stereocenters. The summed E-state index contributed by atoms with van der Waals surface area (Å²) in [5.74, 6) is -0.543. The van der Waals surface area contributed by atoms with Crippen LogP contribution in [-0.2, 0) is 9.53 Å². The molecular formula is C27H36N4O4. The Morgan fingerprint density at radius 1 is 1.03 bits per heavy atom. The lowest BCUT2D eigenvalue weighted by atomic mass is 9.88. The summed E-state index contributed by atoms with van der Waals surface area (Å²) >= 11 is 0. The molecule has 0 bridgehead atoms. The number of nitrogens with one attached hydrogen (secondary N) is 3. The van der Waals surface area contributed by atoms with E-state index >= 15 is 0 Å². The molecule has 0 radical (unpaired) electrons. The van der Waals surface area contributed by atoms with Gasteiger partial charge in [-0.15, -0.1) is 0 Å². The first kappa shape index (κ1) is 26.2. The molecule has 0 spiro atoms. The SMILES string of the molecule is COCCCNC(=O)[C@@H](NC(=O)c1ccccc1C)C1CCN(C(=O)Nc2ccc(C)cc2)CC1. The lowest BCUT2D eigenvalue weighted by molar-refractivity contribution is -0.124. The summed E-state index contributed by atoms with van der Waals surface area (Å²) in [6.45, 7) is 5.92. The van der Waals surface area contributed by atoms with Gasteiger partial charge in [0.25, 0.3) is 5.91 Å². The van der Waals surface area contributed by atoms with Crippen LogP contribution in [0.5, 0.6) is 0 Å². The maximum absolute atomic E-state index is 13.1. The first-order valence-corrected chi connectivity index (χ1v) is 12.1. The number of urea groups is 1. The molecule has 3 N–H and O–H groups in total. The molecule has 0 saturated carbocycles. The van der Waals surface area contributed by atoms with E-state index in [0.717, 1.165) is 16.8 Å². The van der Waals surface area contributed by atoms with Crippen molar-refractivity contribution in [3.63, 3.8) is 0 Å². The number of nitrogens with zero attached hydrogens (tertiary/aromatic N) is 1. The monoisotopic (exact) mass is 480 g/mol. The smallest absolute Gasteiger partial charge is 0.321 e. The zero-order valence-electron chi connectivity index (χ0n) is 20.8. The third kappa shape index (κ3) is 7.55. The average molecular weight is 481 g/mol. The number of hydrogen-bond acceptors (Lipinski definition) is 4. The van der Waals surface area contributed by atoms with E-state index in [9.17, 15) is 14.4 Å². The summed E-state index contributed by atoms with van der Waals surface area (Å²) in [4.78, 5) is 40.6. The van der Waals surface area contributed by atoms with Crippen molar-refractivity contribution in [1.29, 1.82) is 0 Å². The molecule has 1 heterocycles. The fraction of sp³-hybridized carbons (Fsp3) is 0.444. The average Bonchev–Trinajstić information content (AvgIpc) is 2.86. The predicted octanol–water partition coefficient (Wildman–Crippen LogP) is 3.50. The molecule has 0 unspecified atom stereocenters. The van der Waals surface area contributed by atoms with Crippen molar-refractivity contribution in [3.05, 3.63) is 65.2 Å². The van der Waals surface area contributed by atoms with Gasteiger partial charge in [-0.05, 0) is 62.8 Å². The predicted molar refractivity (Wildman–Crippen MR) is 136 cm³/mol. The zero-order valence-corrected chi connectivity index (χ0v) is 20.8. The molecule has 1 fully saturated rings. The second-order valence-corrected chi connectivity index (χ2v) is 9.02. The largest absolute Gasteiger partial charge is 0.385 e. The summed E-state index contributed by atoms with van der Waals surface area (Å²) in [5, 5.41) is 8.83. The minimum atomic E-state index is -0.674. The number of anilines is 1. The Hall–Kier alpha value is -3.39. The van der Waals surface area contributed by atoms with E-state index in [4.69, 9.17) is 4.74 Å². The van der Waals surface area contributed by atoms with Crippen LogP contribution in [0.15, 0.2) is 48.5 Å². The molecule has 188 valence electrons. The highest BCUT2D eigenvalue weighted by atomic mass is 16.5. The molecule has 8 nitrogen and oxygen atoms in total. The Morgan fingerprint density at radius 2 is 1.71 bits per heavy atom. The molecule has 3 rings (SSSR count). The van der Waals surface area contributed by atoms with Crippen LogP contribution in [-0.4, -0.2) is 62.1 Å². The highest BCUT2D eigenvalue weighted by molar-refractivity contribution is 5.98. The lowest BCUT2D eigenvalue weighted by Gasteiger charge is -2.35. The molecule has 0 aromatic heterocycles. The van der Waals surface area contributed by atoms with Crippen molar-refractivity contribution in [2.45, 2.75) is 39.2 Å². The summed E-state index contributed by atoms with van der Waals surface area (Å²) in [7, 11) is 1.62. The molecule has 35 heavy (non-hydrogen) atoms. The van der Waals surface area contributed by atoms with Gasteiger partial charge in [-0.2, -0.15) is 0 Å². The van der Waals surface area contributed by atoms with Crippen LogP contribution in [0.1, 0.15) is 40.7 Å². The van der Waals surface area contributed by atoms with Gasteiger partial charge in [0, 0.05) is 44.6 Å². The van der Waals surface area contributed by atoms with Gasteiger partial charge >= 0.3 is 6.03 Å². The van der Waals surface area contributed by atoms with Gasteiger partial charge in [-0.3, -0.25) is 9.59 Å². The van der Waals surface area contributed by atoms with Crippen LogP contribution in [0, 0.1) is 19.8 Å². The number of carbonyl (C=O) groups is 3. The summed E-state index contributed by atoms with van der Waals surface area (Å²) < 4.78 is 5.05. The number of benzene rings is 2. The highest BCUT2D eigenvalue weighted by Gasteiger charge is 2.34. The number of likely N-dealkylation sites (tertiary alicyclic amines) is 1. The summed E-state index contributed by atoms with van der Waals surface area (Å²) in [6, 6.07) is 14.2. The minimum Gasteiger partial charge on any atom is -0.385 e. The van der Waals surface area contributed by atoms with E-state index in [1.54, 1.807) is 18.1 Å². The van der Waals surface area contributed by atoms with Gasteiger partial charge in [-0.25, -0.2) is 4.79 Å². The van der Waals surface area contributed by atoms with Gasteiger partial charge in [-0.1, -0.05) is 35.9 Å². The normalized spacial score (nSPS) is 14.8. The van der Waals surface area contributed by atoms with E-state index in [2.05, 4.69) is 16.0 Å². The van der Waals surface area contributed by atoms with Crippen LogP contribution >= 0.6 is 0 Å². The second kappa shape index (κ2) is 12.9. The van der Waals surface area contributed by atoms with Crippen LogP contribution in [0.25, 0.3) is 0 Å². The highest BCUT2D eigenvalue weighted by Crippen LogP contribution is 2.23. The Morgan fingerprint density at radius 3 is 2.37 bits per heavy atom. The van der Waals surface area contributed by atoms with Crippen molar-refractivity contribution in [2.75, 3.05) is 38.7 Å². The van der Waals surface area contributed by atoms with Crippen molar-refractivity contribution in [1.82, 2.24) is 15.5 Å². The van der Waals surface area contributed by atoms with Gasteiger partial charge in [0.1, 0.15) is 6.04 Å². The number of aryl methyl sites for hydroxylation is 2. The molecule has 1 saturated heterocycles. The second-order valence-electron chi connectivity index (χ2n) is 9.02. The molecular weight excluding hydrogens is 444 g/mol. The maximum Gasteiger partial charge on any atom is 0.321 e. The van der Waals surface area contributed by atoms with E-state index < -0.39 is 6.04 Å². The Bertz CT molecular complexity index is 1000. The van der Waals surface area contributed by atoms with Crippen LogP contribution in [0.3, 0.4) is 0 Å². The van der Waals surface area contributed by atoms with Crippen molar-refractivity contribution in [2.24, 2.45) is 5.92 Å². The molecule has 4 amide bonds. The standard InChI is InChI=1S/C27H36N4O4/c1-19-9-11-22(12-10-19)29-27(34)31-16-13-21(14-17-31)24(26(33)28-15-6-18-35-3)30-25(32)23-8-5-4-7-20(23)2/h4-5,7-12,21,24H,6,13-18H2,1-3H3,(H,28,33)(H,29,34)(H,30,32)/t24-/m0/s1. The van der Waals surface area contributed by atoms with E-state index in [1.165, 1.54) is 0 Å². The first-order valence-electron chi connectivity index (χ1n) is 12.1. The van der Waals surface area contributed by atoms with Crippen LogP contribution in [0.4, 0.5) is 10.5 Å². The van der Waals surface area contributed by atoms with E-state index in [0.29, 0.717) is 51.1 Å². The molecule has 8 heteroatoms. The number of amides is 4. The number of methoxy groups -OCH3 is 1. The van der Waals surface area contributed by atoms with Gasteiger partial charge in [0.05, 0.1) is 0 Å². The van der Waals surface area contributed by atoms with Crippen molar-refractivity contribution in [3.8, 4) is 0 Å². The topological polar surface area (TPSA) is 99.8 Å². The van der Waals surface area contributed by atoms with Crippen molar-refractivity contribution < 1.29 is 19.1 Å². The summed E-state index contributed by atoms with van der Waals surface area (Å²) in [6.07, 6.45) is 1.93. The molecule has 1 aliphatic heterocycles. The Balaban J connectivity index is 1.63. The van der Waals surface area contributed by atoms with Crippen LogP contribution in [0.2, 0.25) is 0 Å². The molecule has 1 aliphatic rings. The van der Waals surface area contributed by atoms with Gasteiger partial charge < -0.3 is 25.6 Å². The molecule has 2 aromatic carbocycles. The fourth-order valence-electron chi connectivity index (χ4n) is 4.26. The third-order valence-electron chi connectivity index (χ3n) is 6.38. The number of rotatable bonds is 9. The van der Waals surface area contributed by atoms with Crippen LogP contribution < -0.4 is 16.0 Å². The minimum absolute atomic E-state index is 0.0752. The van der Waals surface area contributed by atoms with Gasteiger partial charge in [0.15, 0.2) is 0 Å². The molecule has 0 aliphatic carbocycles. The number of ether oxygens (including phenoxy) is 1. The zero-order chi connectivity index (χ0) is 25.2. The third-order valence-corrected chi connectivity index (χ3v) is 6.38. The summed E-state index contributed by atoms with van der Waals surface area (Å²) in [5.41, 5.74) is 3.29. The van der Waals surface area contributed by atoms with E-state index in [-0.39, 0.29) is 23.8 Å². The molecule has 2 aromatic rings.